The lowest BCUT2D eigenvalue weighted by molar-refractivity contribution is -0.757. The van der Waals surface area contributed by atoms with Gasteiger partial charge in [-0.2, -0.15) is 0 Å². The molecule has 0 saturated heterocycles. The minimum absolute atomic E-state index is 0.0369. The molecule has 1 unspecified atom stereocenters. The first kappa shape index (κ1) is 19.4. The third kappa shape index (κ3) is 7.58. The molecule has 9 nitrogen and oxygen atoms in total. The van der Waals surface area contributed by atoms with Gasteiger partial charge in [-0.15, -0.1) is 10.1 Å². The second-order valence-corrected chi connectivity index (χ2v) is 5.56. The average Bonchev–Trinajstić information content (AvgIpc) is 2.55. The Balaban J connectivity index is 2.52. The minimum atomic E-state index is -0.966. The molecule has 2 amide bonds. The summed E-state index contributed by atoms with van der Waals surface area (Å²) in [5.74, 6) is -0.940. The van der Waals surface area contributed by atoms with E-state index in [0.717, 1.165) is 11.8 Å². The Morgan fingerprint density at radius 3 is 2.54 bits per heavy atom. The highest BCUT2D eigenvalue weighted by Gasteiger charge is 2.21. The topological polar surface area (TPSA) is 128 Å². The van der Waals surface area contributed by atoms with Crippen LogP contribution in [0.5, 0.6) is 0 Å². The van der Waals surface area contributed by atoms with E-state index in [1.165, 1.54) is 6.92 Å². The number of hydrogen-bond acceptors (Lipinski definition) is 7. The van der Waals surface area contributed by atoms with E-state index in [2.05, 4.69) is 15.5 Å². The number of nitrogens with zero attached hydrogens (tertiary/aromatic N) is 1. The van der Waals surface area contributed by atoms with E-state index >= 15 is 0 Å². The van der Waals surface area contributed by atoms with Gasteiger partial charge in [0, 0.05) is 24.8 Å². The van der Waals surface area contributed by atoms with Crippen molar-refractivity contribution < 1.29 is 24.3 Å². The number of hydrogen-bond donors (Lipinski definition) is 2. The first-order chi connectivity index (χ1) is 11.4. The molecule has 0 spiro atoms. The van der Waals surface area contributed by atoms with Crippen LogP contribution in [0.4, 0.5) is 0 Å². The Morgan fingerprint density at radius 1 is 1.29 bits per heavy atom. The maximum Gasteiger partial charge on any atom is 0.294 e. The van der Waals surface area contributed by atoms with Gasteiger partial charge in [0.1, 0.15) is 12.6 Å². The molecule has 1 aromatic rings. The Labute approximate surface area is 142 Å². The van der Waals surface area contributed by atoms with Crippen LogP contribution in [0.25, 0.3) is 0 Å². The van der Waals surface area contributed by atoms with Crippen LogP contribution in [0.15, 0.2) is 30.3 Å². The fourth-order valence-electron chi connectivity index (χ4n) is 1.66. The van der Waals surface area contributed by atoms with Gasteiger partial charge in [0.05, 0.1) is 0 Å². The number of benzene rings is 1. The molecular formula is C14H17N3O6S. The van der Waals surface area contributed by atoms with Crippen LogP contribution >= 0.6 is 11.8 Å². The van der Waals surface area contributed by atoms with Crippen LogP contribution < -0.4 is 10.6 Å². The van der Waals surface area contributed by atoms with Crippen molar-refractivity contribution in [2.24, 2.45) is 0 Å². The molecule has 130 valence electrons. The fraction of sp³-hybridized carbons (Fsp3) is 0.357. The number of thioether (sulfide) groups is 1. The van der Waals surface area contributed by atoms with Crippen molar-refractivity contribution in [2.75, 3.05) is 18.9 Å². The molecular weight excluding hydrogens is 338 g/mol. The van der Waals surface area contributed by atoms with Crippen molar-refractivity contribution in [3.8, 4) is 0 Å². The molecule has 2 N–H and O–H groups in total. The van der Waals surface area contributed by atoms with Crippen LogP contribution in [0.3, 0.4) is 0 Å². The smallest absolute Gasteiger partial charge is 0.294 e. The van der Waals surface area contributed by atoms with Crippen LogP contribution in [0, 0.1) is 10.1 Å². The van der Waals surface area contributed by atoms with Crippen molar-refractivity contribution in [3.05, 3.63) is 46.0 Å². The summed E-state index contributed by atoms with van der Waals surface area (Å²) in [6.07, 6.45) is 0. The molecule has 0 radical (unpaired) electrons. The van der Waals surface area contributed by atoms with Crippen molar-refractivity contribution >= 4 is 28.7 Å². The summed E-state index contributed by atoms with van der Waals surface area (Å²) in [6, 6.07) is 7.59. The zero-order valence-electron chi connectivity index (χ0n) is 12.9. The third-order valence-electron chi connectivity index (χ3n) is 2.68. The van der Waals surface area contributed by atoms with E-state index in [-0.39, 0.29) is 24.0 Å². The molecule has 0 fully saturated rings. The largest absolute Gasteiger partial charge is 0.352 e. The third-order valence-corrected chi connectivity index (χ3v) is 3.68. The molecule has 24 heavy (non-hydrogen) atoms. The zero-order valence-corrected chi connectivity index (χ0v) is 13.7. The fourth-order valence-corrected chi connectivity index (χ4v) is 2.52. The molecule has 0 aliphatic rings. The maximum absolute atomic E-state index is 12.0. The SMILES string of the molecule is CC(=O)NC(CSC(=O)c1ccccc1)C(=O)NCCO[N+](=O)[O-]. The Hall–Kier alpha value is -2.62. The number of nitrogens with one attached hydrogen (secondary N) is 2. The quantitative estimate of drug-likeness (QED) is 0.372. The highest BCUT2D eigenvalue weighted by atomic mass is 32.2. The summed E-state index contributed by atoms with van der Waals surface area (Å²) in [4.78, 5) is 49.3. The summed E-state index contributed by atoms with van der Waals surface area (Å²) in [6.45, 7) is 0.856. The predicted molar refractivity (Wildman–Crippen MR) is 86.8 cm³/mol. The molecule has 0 aromatic heterocycles. The van der Waals surface area contributed by atoms with E-state index in [1.54, 1.807) is 30.3 Å². The van der Waals surface area contributed by atoms with Gasteiger partial charge in [0.25, 0.3) is 5.09 Å². The summed E-state index contributed by atoms with van der Waals surface area (Å²) < 4.78 is 0. The van der Waals surface area contributed by atoms with Crippen LogP contribution in [-0.2, 0) is 14.4 Å². The van der Waals surface area contributed by atoms with Crippen LogP contribution in [0.1, 0.15) is 17.3 Å². The Kier molecular flexibility index (Phi) is 8.26. The Bertz CT molecular complexity index is 595. The van der Waals surface area contributed by atoms with Crippen LogP contribution in [-0.4, -0.2) is 47.0 Å². The van der Waals surface area contributed by atoms with Gasteiger partial charge in [-0.25, -0.2) is 0 Å². The molecule has 1 aromatic carbocycles. The van der Waals surface area contributed by atoms with E-state index < -0.39 is 22.9 Å². The average molecular weight is 355 g/mol. The van der Waals surface area contributed by atoms with Gasteiger partial charge in [-0.1, -0.05) is 42.1 Å². The van der Waals surface area contributed by atoms with E-state index in [0.29, 0.717) is 5.56 Å². The van der Waals surface area contributed by atoms with Crippen molar-refractivity contribution in [1.82, 2.24) is 10.6 Å². The van der Waals surface area contributed by atoms with Crippen molar-refractivity contribution in [1.29, 1.82) is 0 Å². The molecule has 0 aliphatic carbocycles. The molecule has 1 atom stereocenters. The summed E-state index contributed by atoms with van der Waals surface area (Å²) in [5, 5.41) is 13.7. The highest BCUT2D eigenvalue weighted by molar-refractivity contribution is 8.14. The first-order valence-electron chi connectivity index (χ1n) is 6.94. The predicted octanol–water partition coefficient (Wildman–Crippen LogP) is 0.389. The van der Waals surface area contributed by atoms with E-state index in [9.17, 15) is 24.5 Å². The number of amides is 2. The molecule has 0 bridgehead atoms. The van der Waals surface area contributed by atoms with Gasteiger partial charge >= 0.3 is 0 Å². The summed E-state index contributed by atoms with van der Waals surface area (Å²) >= 11 is 0.898. The van der Waals surface area contributed by atoms with Gasteiger partial charge in [-0.05, 0) is 0 Å². The summed E-state index contributed by atoms with van der Waals surface area (Å²) in [5.41, 5.74) is 0.490. The number of carbonyl (C=O) groups is 3. The van der Waals surface area contributed by atoms with E-state index in [1.807, 2.05) is 0 Å². The minimum Gasteiger partial charge on any atom is -0.352 e. The second-order valence-electron chi connectivity index (χ2n) is 4.57. The lowest BCUT2D eigenvalue weighted by Crippen LogP contribution is -2.48. The van der Waals surface area contributed by atoms with Crippen LogP contribution in [0.2, 0.25) is 0 Å². The van der Waals surface area contributed by atoms with E-state index in [4.69, 9.17) is 0 Å². The van der Waals surface area contributed by atoms with Gasteiger partial charge in [0.15, 0.2) is 0 Å². The lowest BCUT2D eigenvalue weighted by atomic mass is 10.2. The van der Waals surface area contributed by atoms with Crippen molar-refractivity contribution in [3.63, 3.8) is 0 Å². The highest BCUT2D eigenvalue weighted by Crippen LogP contribution is 2.13. The van der Waals surface area contributed by atoms with Gasteiger partial charge in [-0.3, -0.25) is 14.4 Å². The summed E-state index contributed by atoms with van der Waals surface area (Å²) in [7, 11) is 0. The molecule has 1 rings (SSSR count). The van der Waals surface area contributed by atoms with Gasteiger partial charge < -0.3 is 15.5 Å². The zero-order chi connectivity index (χ0) is 17.9. The standard InChI is InChI=1S/C14H17N3O6S/c1-10(18)16-12(13(19)15-7-8-23-17(21)22)9-24-14(20)11-5-3-2-4-6-11/h2-6,12H,7-9H2,1H3,(H,15,19)(H,16,18). The lowest BCUT2D eigenvalue weighted by Gasteiger charge is -2.16. The monoisotopic (exact) mass is 355 g/mol. The first-order valence-corrected chi connectivity index (χ1v) is 7.93. The maximum atomic E-state index is 12.0. The van der Waals surface area contributed by atoms with Crippen molar-refractivity contribution in [2.45, 2.75) is 13.0 Å². The van der Waals surface area contributed by atoms with Gasteiger partial charge in [0.2, 0.25) is 16.9 Å². The molecule has 0 aliphatic heterocycles. The second kappa shape index (κ2) is 10.2. The molecule has 0 heterocycles. The normalized spacial score (nSPS) is 11.2. The Morgan fingerprint density at radius 2 is 1.96 bits per heavy atom. The number of carbonyl (C=O) groups excluding carboxylic acids is 3. The number of rotatable bonds is 9. The molecule has 0 saturated carbocycles. The molecule has 10 heteroatoms.